The van der Waals surface area contributed by atoms with Gasteiger partial charge in [0.2, 0.25) is 5.91 Å². The molecule has 1 saturated heterocycles. The molecule has 0 saturated carbocycles. The van der Waals surface area contributed by atoms with Gasteiger partial charge in [0.25, 0.3) is 0 Å². The van der Waals surface area contributed by atoms with Gasteiger partial charge in [0.1, 0.15) is 23.0 Å². The third-order valence-corrected chi connectivity index (χ3v) is 5.87. The number of hydrogen-bond acceptors (Lipinski definition) is 5. The van der Waals surface area contributed by atoms with Gasteiger partial charge in [0.15, 0.2) is 5.82 Å². The van der Waals surface area contributed by atoms with Gasteiger partial charge in [0, 0.05) is 25.7 Å². The average Bonchev–Trinajstić information content (AvgIpc) is 3.28. The number of aliphatic imine (C=N–C) groups is 2. The topological polar surface area (TPSA) is 98.1 Å². The summed E-state index contributed by atoms with van der Waals surface area (Å²) in [6.45, 7) is 8.58. The number of rotatable bonds is 7. The summed E-state index contributed by atoms with van der Waals surface area (Å²) < 4.78 is 7.74. The lowest BCUT2D eigenvalue weighted by Crippen LogP contribution is -2.40. The predicted molar refractivity (Wildman–Crippen MR) is 135 cm³/mol. The minimum absolute atomic E-state index is 0.0593. The number of carbonyl (C=O) groups excluding carboxylic acids is 1. The molecule has 2 N–H and O–H groups in total. The number of nitrogens with zero attached hydrogens (tertiary/aromatic N) is 5. The molecule has 1 amide bonds. The van der Waals surface area contributed by atoms with Crippen molar-refractivity contribution in [2.75, 3.05) is 20.1 Å². The van der Waals surface area contributed by atoms with Crippen molar-refractivity contribution in [3.63, 3.8) is 0 Å². The molecule has 0 unspecified atom stereocenters. The van der Waals surface area contributed by atoms with E-state index in [9.17, 15) is 4.79 Å². The van der Waals surface area contributed by atoms with E-state index in [0.717, 1.165) is 24.2 Å². The maximum absolute atomic E-state index is 12.2. The molecule has 0 bridgehead atoms. The van der Waals surface area contributed by atoms with Crippen LogP contribution in [-0.2, 0) is 4.79 Å². The Morgan fingerprint density at radius 2 is 1.88 bits per heavy atom. The van der Waals surface area contributed by atoms with Crippen LogP contribution in [0.25, 0.3) is 11.3 Å². The zero-order chi connectivity index (χ0) is 24.1. The van der Waals surface area contributed by atoms with Crippen LogP contribution in [0.5, 0.6) is 11.5 Å². The maximum atomic E-state index is 12.2. The molecule has 1 aliphatic rings. The first-order valence-corrected chi connectivity index (χ1v) is 11.1. The number of carbonyl (C=O) groups is 1. The van der Waals surface area contributed by atoms with E-state index >= 15 is 0 Å². The van der Waals surface area contributed by atoms with Crippen LogP contribution >= 0.6 is 0 Å². The normalized spacial score (nSPS) is 16.2. The highest BCUT2D eigenvalue weighted by Gasteiger charge is 2.29. The fraction of sp³-hybridized carbons (Fsp3) is 0.231. The summed E-state index contributed by atoms with van der Waals surface area (Å²) in [5.74, 6) is 2.25. The molecule has 0 spiro atoms. The molecule has 8 heteroatoms. The van der Waals surface area contributed by atoms with Gasteiger partial charge in [-0.05, 0) is 62.0 Å². The second-order valence-corrected chi connectivity index (χ2v) is 7.98. The van der Waals surface area contributed by atoms with Gasteiger partial charge >= 0.3 is 0 Å². The van der Waals surface area contributed by atoms with Crippen LogP contribution in [-0.4, -0.2) is 53.3 Å². The van der Waals surface area contributed by atoms with Gasteiger partial charge in [-0.3, -0.25) is 9.79 Å². The van der Waals surface area contributed by atoms with Gasteiger partial charge < -0.3 is 15.4 Å². The number of nitrogens with two attached hydrogens (primary N) is 1. The van der Waals surface area contributed by atoms with Gasteiger partial charge in [-0.2, -0.15) is 5.10 Å². The van der Waals surface area contributed by atoms with E-state index in [4.69, 9.17) is 15.6 Å². The Kier molecular flexibility index (Phi) is 6.87. The molecule has 2 heterocycles. The fourth-order valence-electron chi connectivity index (χ4n) is 4.17. The van der Waals surface area contributed by atoms with Crippen LogP contribution in [0, 0.1) is 0 Å². The smallest absolute Gasteiger partial charge is 0.246 e. The van der Waals surface area contributed by atoms with Gasteiger partial charge in [-0.15, -0.1) is 0 Å². The standard InChI is InChI=1S/C26H28N6O2/c1-4-22(33)31-16-8-9-19(17-31)32-26(29-3)23(25(27)28-2)24(30-32)18-12-14-21(15-13-18)34-20-10-6-5-7-11-20/h4-7,10-15,19H,1,3,8-9,16-17H2,2H3,(H2,27,28)/t19-/m0/s1. The Hall–Kier alpha value is -4.20. The first-order valence-electron chi connectivity index (χ1n) is 11.1. The number of benzene rings is 2. The number of ether oxygens (including phenoxy) is 1. The number of likely N-dealkylation sites (tertiary alicyclic amines) is 1. The summed E-state index contributed by atoms with van der Waals surface area (Å²) in [5, 5.41) is 4.89. The third-order valence-electron chi connectivity index (χ3n) is 5.87. The van der Waals surface area contributed by atoms with Gasteiger partial charge in [-0.25, -0.2) is 9.67 Å². The molecular formula is C26H28N6O2. The number of amidine groups is 1. The van der Waals surface area contributed by atoms with Crippen LogP contribution in [0.2, 0.25) is 0 Å². The molecule has 3 aromatic rings. The van der Waals surface area contributed by atoms with E-state index in [-0.39, 0.29) is 11.9 Å². The van der Waals surface area contributed by atoms with E-state index in [2.05, 4.69) is 23.3 Å². The molecule has 8 nitrogen and oxygen atoms in total. The summed E-state index contributed by atoms with van der Waals surface area (Å²) in [5.41, 5.74) is 8.42. The summed E-state index contributed by atoms with van der Waals surface area (Å²) in [6.07, 6.45) is 3.06. The molecule has 174 valence electrons. The minimum Gasteiger partial charge on any atom is -0.457 e. The minimum atomic E-state index is -0.0888. The Balaban J connectivity index is 1.71. The number of piperidine rings is 1. The van der Waals surface area contributed by atoms with Crippen LogP contribution in [0.15, 0.2) is 77.2 Å². The lowest BCUT2D eigenvalue weighted by atomic mass is 10.0. The Labute approximate surface area is 199 Å². The highest BCUT2D eigenvalue weighted by atomic mass is 16.5. The second kappa shape index (κ2) is 10.2. The number of aromatic nitrogens is 2. The van der Waals surface area contributed by atoms with Gasteiger partial charge in [0.05, 0.1) is 11.6 Å². The average molecular weight is 457 g/mol. The van der Waals surface area contributed by atoms with Crippen molar-refractivity contribution in [2.24, 2.45) is 15.7 Å². The molecule has 0 radical (unpaired) electrons. The summed E-state index contributed by atoms with van der Waals surface area (Å²) in [6, 6.07) is 17.2. The first kappa shape index (κ1) is 23.0. The first-order chi connectivity index (χ1) is 16.5. The summed E-state index contributed by atoms with van der Waals surface area (Å²) in [7, 11) is 1.63. The van der Waals surface area contributed by atoms with Crippen molar-refractivity contribution >= 4 is 24.3 Å². The van der Waals surface area contributed by atoms with Crippen LogP contribution in [0.1, 0.15) is 24.4 Å². The molecule has 2 aromatic carbocycles. The number of amides is 1. The monoisotopic (exact) mass is 456 g/mol. The van der Waals surface area contributed by atoms with E-state index in [1.54, 1.807) is 11.9 Å². The van der Waals surface area contributed by atoms with E-state index in [0.29, 0.717) is 41.7 Å². The lowest BCUT2D eigenvalue weighted by Gasteiger charge is -2.32. The number of hydrogen-bond donors (Lipinski definition) is 1. The highest BCUT2D eigenvalue weighted by Crippen LogP contribution is 2.36. The van der Waals surface area contributed by atoms with Crippen molar-refractivity contribution in [3.05, 3.63) is 72.8 Å². The summed E-state index contributed by atoms with van der Waals surface area (Å²) >= 11 is 0. The van der Waals surface area contributed by atoms with E-state index in [1.165, 1.54) is 6.08 Å². The van der Waals surface area contributed by atoms with Crippen molar-refractivity contribution < 1.29 is 9.53 Å². The Bertz CT molecular complexity index is 1210. The van der Waals surface area contributed by atoms with E-state index < -0.39 is 0 Å². The number of para-hydroxylation sites is 1. The van der Waals surface area contributed by atoms with Gasteiger partial charge in [-0.1, -0.05) is 24.8 Å². The zero-order valence-electron chi connectivity index (χ0n) is 19.2. The van der Waals surface area contributed by atoms with Crippen molar-refractivity contribution in [2.45, 2.75) is 18.9 Å². The molecule has 0 aliphatic carbocycles. The largest absolute Gasteiger partial charge is 0.457 e. The molecule has 1 atom stereocenters. The van der Waals surface area contributed by atoms with Crippen molar-refractivity contribution in [1.82, 2.24) is 14.7 Å². The Morgan fingerprint density at radius 1 is 1.18 bits per heavy atom. The summed E-state index contributed by atoms with van der Waals surface area (Å²) in [4.78, 5) is 22.4. The SMILES string of the molecule is C=CC(=O)N1CCC[C@H](n2nc(-c3ccc(Oc4ccccc4)cc3)c(C(N)=NC)c2N=C)C1. The third kappa shape index (κ3) is 4.61. The zero-order valence-corrected chi connectivity index (χ0v) is 19.2. The molecule has 1 aliphatic heterocycles. The van der Waals surface area contributed by atoms with Crippen molar-refractivity contribution in [3.8, 4) is 22.8 Å². The lowest BCUT2D eigenvalue weighted by molar-refractivity contribution is -0.127. The Morgan fingerprint density at radius 3 is 2.53 bits per heavy atom. The second-order valence-electron chi connectivity index (χ2n) is 7.98. The quantitative estimate of drug-likeness (QED) is 0.324. The molecule has 34 heavy (non-hydrogen) atoms. The van der Waals surface area contributed by atoms with Crippen molar-refractivity contribution in [1.29, 1.82) is 0 Å². The molecule has 4 rings (SSSR count). The fourth-order valence-corrected chi connectivity index (χ4v) is 4.17. The maximum Gasteiger partial charge on any atom is 0.246 e. The van der Waals surface area contributed by atoms with Crippen LogP contribution < -0.4 is 10.5 Å². The molecule has 1 fully saturated rings. The molecular weight excluding hydrogens is 428 g/mol. The van der Waals surface area contributed by atoms with Crippen LogP contribution in [0.3, 0.4) is 0 Å². The highest BCUT2D eigenvalue weighted by molar-refractivity contribution is 6.06. The predicted octanol–water partition coefficient (Wildman–Crippen LogP) is 4.36. The van der Waals surface area contributed by atoms with E-state index in [1.807, 2.05) is 59.3 Å². The molecule has 1 aromatic heterocycles. The van der Waals surface area contributed by atoms with Crippen LogP contribution in [0.4, 0.5) is 5.82 Å².